The predicted molar refractivity (Wildman–Crippen MR) is 92.8 cm³/mol. The van der Waals surface area contributed by atoms with E-state index in [1.807, 2.05) is 29.6 Å². The quantitative estimate of drug-likeness (QED) is 0.579. The summed E-state index contributed by atoms with van der Waals surface area (Å²) >= 11 is 7.12. The number of likely N-dealkylation sites (tertiary alicyclic amines) is 1. The van der Waals surface area contributed by atoms with Gasteiger partial charge in [-0.25, -0.2) is 4.39 Å². The fourth-order valence-electron chi connectivity index (χ4n) is 2.39. The molecule has 1 aliphatic heterocycles. The molecule has 1 saturated heterocycles. The molecule has 0 aliphatic carbocycles. The summed E-state index contributed by atoms with van der Waals surface area (Å²) in [6.07, 6.45) is 1.37. The highest BCUT2D eigenvalue weighted by molar-refractivity contribution is 14.1. The lowest BCUT2D eigenvalue weighted by Gasteiger charge is -2.40. The molecule has 2 rings (SSSR count). The topological polar surface area (TPSA) is 58.4 Å². The second-order valence-corrected chi connectivity index (χ2v) is 6.93. The van der Waals surface area contributed by atoms with Crippen molar-refractivity contribution in [1.82, 2.24) is 10.2 Å². The van der Waals surface area contributed by atoms with Crippen LogP contribution in [0.1, 0.15) is 23.2 Å². The second-order valence-electron chi connectivity index (χ2n) is 5.33. The number of amides is 1. The smallest absolute Gasteiger partial charge is 0.253 e. The second kappa shape index (κ2) is 6.53. The van der Waals surface area contributed by atoms with Gasteiger partial charge in [0.1, 0.15) is 5.82 Å². The van der Waals surface area contributed by atoms with Crippen LogP contribution in [0.3, 0.4) is 0 Å². The Bertz CT molecular complexity index is 573. The van der Waals surface area contributed by atoms with Gasteiger partial charge in [-0.3, -0.25) is 4.79 Å². The largest absolute Gasteiger partial charge is 0.391 e. The molecule has 0 saturated carbocycles. The van der Waals surface area contributed by atoms with E-state index >= 15 is 0 Å². The molecular formula is C14H17FIN3OS. The van der Waals surface area contributed by atoms with Crippen LogP contribution in [-0.2, 0) is 0 Å². The van der Waals surface area contributed by atoms with Gasteiger partial charge in [-0.15, -0.1) is 0 Å². The first kappa shape index (κ1) is 16.6. The van der Waals surface area contributed by atoms with Crippen LogP contribution in [0.5, 0.6) is 0 Å². The molecule has 0 aromatic heterocycles. The summed E-state index contributed by atoms with van der Waals surface area (Å²) in [7, 11) is 2.02. The number of benzene rings is 1. The molecule has 3 N–H and O–H groups in total. The molecule has 114 valence electrons. The number of piperidine rings is 1. The first-order valence-electron chi connectivity index (χ1n) is 6.60. The molecule has 1 heterocycles. The van der Waals surface area contributed by atoms with Crippen molar-refractivity contribution >= 4 is 45.7 Å². The summed E-state index contributed by atoms with van der Waals surface area (Å²) in [6, 6.07) is 4.09. The molecule has 0 spiro atoms. The van der Waals surface area contributed by atoms with Crippen LogP contribution in [0, 0.1) is 9.39 Å². The van der Waals surface area contributed by atoms with E-state index in [1.165, 1.54) is 18.2 Å². The first-order valence-corrected chi connectivity index (χ1v) is 8.09. The molecular weight excluding hydrogens is 404 g/mol. The Balaban J connectivity index is 2.21. The minimum absolute atomic E-state index is 0.267. The molecule has 1 aromatic rings. The van der Waals surface area contributed by atoms with E-state index in [-0.39, 0.29) is 11.7 Å². The van der Waals surface area contributed by atoms with E-state index in [9.17, 15) is 9.18 Å². The van der Waals surface area contributed by atoms with Gasteiger partial charge in [0.25, 0.3) is 5.91 Å². The van der Waals surface area contributed by atoms with Crippen molar-refractivity contribution in [2.75, 3.05) is 20.1 Å². The third kappa shape index (κ3) is 3.70. The zero-order chi connectivity index (χ0) is 15.6. The van der Waals surface area contributed by atoms with Crippen LogP contribution in [0.25, 0.3) is 0 Å². The minimum atomic E-state index is -0.656. The Kier molecular flexibility index (Phi) is 5.15. The van der Waals surface area contributed by atoms with Crippen molar-refractivity contribution in [3.05, 3.63) is 33.1 Å². The number of thiocarbonyl (C=S) groups is 1. The van der Waals surface area contributed by atoms with E-state index in [4.69, 9.17) is 18.0 Å². The zero-order valence-corrected chi connectivity index (χ0v) is 14.6. The lowest BCUT2D eigenvalue weighted by Crippen LogP contribution is -2.61. The number of rotatable bonds is 3. The van der Waals surface area contributed by atoms with Gasteiger partial charge in [0, 0.05) is 16.7 Å². The summed E-state index contributed by atoms with van der Waals surface area (Å²) < 4.78 is 13.7. The van der Waals surface area contributed by atoms with Crippen LogP contribution in [0.4, 0.5) is 4.39 Å². The number of nitrogens with two attached hydrogens (primary N) is 1. The van der Waals surface area contributed by atoms with Crippen molar-refractivity contribution in [2.45, 2.75) is 18.4 Å². The molecule has 1 aliphatic rings. The van der Waals surface area contributed by atoms with E-state index in [1.54, 1.807) is 0 Å². The molecule has 1 fully saturated rings. The first-order chi connectivity index (χ1) is 9.84. The van der Waals surface area contributed by atoms with Gasteiger partial charge in [-0.05, 0) is 60.7 Å². The summed E-state index contributed by atoms with van der Waals surface area (Å²) in [6.45, 7) is 1.64. The highest BCUT2D eigenvalue weighted by atomic mass is 127. The van der Waals surface area contributed by atoms with Gasteiger partial charge >= 0.3 is 0 Å². The predicted octanol–water partition coefficient (Wildman–Crippen LogP) is 1.91. The Hall–Kier alpha value is -0.800. The normalized spacial score (nSPS) is 18.2. The molecule has 21 heavy (non-hydrogen) atoms. The van der Waals surface area contributed by atoms with Crippen LogP contribution in [0.15, 0.2) is 18.2 Å². The number of carbonyl (C=O) groups excluding carboxylic acids is 1. The molecule has 1 amide bonds. The highest BCUT2D eigenvalue weighted by Crippen LogP contribution is 2.24. The van der Waals surface area contributed by atoms with Gasteiger partial charge in [-0.1, -0.05) is 12.2 Å². The standard InChI is InChI=1S/C14H17FIN3OS/c1-19-6-4-14(5-7-19,13(17)21)18-12(20)10-3-2-9(15)8-11(10)16/h2-3,8H,4-7H2,1H3,(H2,17,21)(H,18,20). The van der Waals surface area contributed by atoms with Crippen molar-refractivity contribution in [3.63, 3.8) is 0 Å². The summed E-state index contributed by atoms with van der Waals surface area (Å²) in [4.78, 5) is 14.9. The van der Waals surface area contributed by atoms with Crippen LogP contribution >= 0.6 is 34.8 Å². The fraction of sp³-hybridized carbons (Fsp3) is 0.429. The number of hydrogen-bond acceptors (Lipinski definition) is 3. The Morgan fingerprint density at radius 3 is 2.62 bits per heavy atom. The minimum Gasteiger partial charge on any atom is -0.391 e. The fourth-order valence-corrected chi connectivity index (χ4v) is 3.37. The highest BCUT2D eigenvalue weighted by Gasteiger charge is 2.38. The number of nitrogens with zero attached hydrogens (tertiary/aromatic N) is 1. The lowest BCUT2D eigenvalue weighted by atomic mass is 9.87. The maximum absolute atomic E-state index is 13.1. The Morgan fingerprint density at radius 2 is 2.10 bits per heavy atom. The lowest BCUT2D eigenvalue weighted by molar-refractivity contribution is 0.0889. The van der Waals surface area contributed by atoms with E-state index in [2.05, 4.69) is 10.2 Å². The van der Waals surface area contributed by atoms with Gasteiger partial charge < -0.3 is 16.0 Å². The van der Waals surface area contributed by atoms with Crippen molar-refractivity contribution in [1.29, 1.82) is 0 Å². The Morgan fingerprint density at radius 1 is 1.48 bits per heavy atom. The van der Waals surface area contributed by atoms with Crippen LogP contribution in [-0.4, -0.2) is 41.5 Å². The third-order valence-corrected chi connectivity index (χ3v) is 5.12. The molecule has 0 bridgehead atoms. The maximum Gasteiger partial charge on any atom is 0.253 e. The molecule has 1 aromatic carbocycles. The van der Waals surface area contributed by atoms with Crippen LogP contribution < -0.4 is 11.1 Å². The molecule has 0 radical (unpaired) electrons. The molecule has 0 atom stereocenters. The van der Waals surface area contributed by atoms with Crippen molar-refractivity contribution in [3.8, 4) is 0 Å². The van der Waals surface area contributed by atoms with E-state index < -0.39 is 5.54 Å². The monoisotopic (exact) mass is 421 g/mol. The van der Waals surface area contributed by atoms with Crippen molar-refractivity contribution < 1.29 is 9.18 Å². The zero-order valence-electron chi connectivity index (χ0n) is 11.7. The molecule has 4 nitrogen and oxygen atoms in total. The van der Waals surface area contributed by atoms with Gasteiger partial charge in [0.2, 0.25) is 0 Å². The van der Waals surface area contributed by atoms with Gasteiger partial charge in [0.15, 0.2) is 0 Å². The van der Waals surface area contributed by atoms with Crippen LogP contribution in [0.2, 0.25) is 0 Å². The number of nitrogens with one attached hydrogen (secondary N) is 1. The Labute approximate surface area is 142 Å². The van der Waals surface area contributed by atoms with Gasteiger partial charge in [0.05, 0.1) is 16.1 Å². The summed E-state index contributed by atoms with van der Waals surface area (Å²) in [5.41, 5.74) is 5.65. The SMILES string of the molecule is CN1CCC(NC(=O)c2ccc(F)cc2I)(C(N)=S)CC1. The van der Waals surface area contributed by atoms with E-state index in [0.717, 1.165) is 13.1 Å². The summed E-state index contributed by atoms with van der Waals surface area (Å²) in [5.74, 6) is -0.629. The number of hydrogen-bond donors (Lipinski definition) is 2. The molecule has 0 unspecified atom stereocenters. The van der Waals surface area contributed by atoms with E-state index in [0.29, 0.717) is 27.0 Å². The number of carbonyl (C=O) groups is 1. The summed E-state index contributed by atoms with van der Waals surface area (Å²) in [5, 5.41) is 2.97. The average molecular weight is 421 g/mol. The average Bonchev–Trinajstić information content (AvgIpc) is 2.41. The van der Waals surface area contributed by atoms with Crippen molar-refractivity contribution in [2.24, 2.45) is 5.73 Å². The number of halogens is 2. The maximum atomic E-state index is 13.1. The molecule has 7 heteroatoms. The van der Waals surface area contributed by atoms with Gasteiger partial charge in [-0.2, -0.15) is 0 Å². The third-order valence-electron chi connectivity index (χ3n) is 3.84.